The molecule has 0 radical (unpaired) electrons. The van der Waals surface area contributed by atoms with E-state index in [0.29, 0.717) is 30.7 Å². The van der Waals surface area contributed by atoms with Crippen LogP contribution in [0.15, 0.2) is 6.20 Å². The second-order valence-electron chi connectivity index (χ2n) is 8.55. The third-order valence-corrected chi connectivity index (χ3v) is 6.60. The van der Waals surface area contributed by atoms with Gasteiger partial charge in [-0.1, -0.05) is 5.21 Å². The average Bonchev–Trinajstić information content (AvgIpc) is 3.46. The predicted molar refractivity (Wildman–Crippen MR) is 108 cm³/mol. The number of carbonyl (C=O) groups is 2. The van der Waals surface area contributed by atoms with Gasteiger partial charge in [0.2, 0.25) is 5.91 Å². The molecular formula is C20H33N7O2. The SMILES string of the molecule is NCCn1cc(C(=O)N2CCC(N3CCCC(C(=O)N4CCCC4)C3)CC2)nn1. The Balaban J connectivity index is 1.28. The molecule has 4 rings (SSSR count). The Kier molecular flexibility index (Phi) is 6.44. The molecule has 9 heteroatoms. The number of hydrogen-bond acceptors (Lipinski definition) is 6. The maximum Gasteiger partial charge on any atom is 0.276 e. The van der Waals surface area contributed by atoms with Gasteiger partial charge in [0.1, 0.15) is 0 Å². The highest BCUT2D eigenvalue weighted by molar-refractivity contribution is 5.92. The molecule has 1 atom stereocenters. The third-order valence-electron chi connectivity index (χ3n) is 6.60. The summed E-state index contributed by atoms with van der Waals surface area (Å²) < 4.78 is 1.62. The van der Waals surface area contributed by atoms with Crippen molar-refractivity contribution in [1.82, 2.24) is 29.7 Å². The Morgan fingerprint density at radius 2 is 1.76 bits per heavy atom. The van der Waals surface area contributed by atoms with Crippen LogP contribution in [0.25, 0.3) is 0 Å². The number of likely N-dealkylation sites (tertiary alicyclic amines) is 3. The molecule has 0 spiro atoms. The Labute approximate surface area is 172 Å². The Hall–Kier alpha value is -2.00. The first-order valence-electron chi connectivity index (χ1n) is 11.1. The van der Waals surface area contributed by atoms with Crippen LogP contribution in [-0.4, -0.2) is 93.4 Å². The van der Waals surface area contributed by atoms with E-state index in [0.717, 1.165) is 77.8 Å². The second kappa shape index (κ2) is 9.21. The lowest BCUT2D eigenvalue weighted by molar-refractivity contribution is -0.136. The number of rotatable bonds is 5. The van der Waals surface area contributed by atoms with Crippen LogP contribution in [0, 0.1) is 5.92 Å². The molecule has 9 nitrogen and oxygen atoms in total. The van der Waals surface area contributed by atoms with Gasteiger partial charge < -0.3 is 15.5 Å². The molecule has 3 saturated heterocycles. The molecule has 160 valence electrons. The first-order valence-corrected chi connectivity index (χ1v) is 11.1. The van der Waals surface area contributed by atoms with Crippen LogP contribution in [0.4, 0.5) is 0 Å². The van der Waals surface area contributed by atoms with Crippen LogP contribution in [0.2, 0.25) is 0 Å². The van der Waals surface area contributed by atoms with Gasteiger partial charge >= 0.3 is 0 Å². The van der Waals surface area contributed by atoms with Crippen molar-refractivity contribution in [2.45, 2.75) is 51.1 Å². The number of hydrogen-bond donors (Lipinski definition) is 1. The number of nitrogens with zero attached hydrogens (tertiary/aromatic N) is 6. The third kappa shape index (κ3) is 4.61. The van der Waals surface area contributed by atoms with E-state index >= 15 is 0 Å². The molecule has 1 aromatic heterocycles. The van der Waals surface area contributed by atoms with E-state index in [-0.39, 0.29) is 11.8 Å². The fraction of sp³-hybridized carbons (Fsp3) is 0.800. The molecule has 2 amide bonds. The summed E-state index contributed by atoms with van der Waals surface area (Å²) in [5.74, 6) is 0.465. The molecular weight excluding hydrogens is 370 g/mol. The van der Waals surface area contributed by atoms with E-state index in [2.05, 4.69) is 20.1 Å². The summed E-state index contributed by atoms with van der Waals surface area (Å²) in [5, 5.41) is 7.96. The van der Waals surface area contributed by atoms with Crippen molar-refractivity contribution >= 4 is 11.8 Å². The van der Waals surface area contributed by atoms with Gasteiger partial charge in [-0.15, -0.1) is 5.10 Å². The highest BCUT2D eigenvalue weighted by Crippen LogP contribution is 2.26. The summed E-state index contributed by atoms with van der Waals surface area (Å²) in [6.07, 6.45) is 7.99. The number of amides is 2. The van der Waals surface area contributed by atoms with Crippen LogP contribution >= 0.6 is 0 Å². The van der Waals surface area contributed by atoms with E-state index in [1.807, 2.05) is 4.90 Å². The molecule has 0 bridgehead atoms. The van der Waals surface area contributed by atoms with Gasteiger partial charge in [-0.25, -0.2) is 0 Å². The molecule has 0 aliphatic carbocycles. The Morgan fingerprint density at radius 1 is 1.00 bits per heavy atom. The van der Waals surface area contributed by atoms with Crippen molar-refractivity contribution in [1.29, 1.82) is 0 Å². The largest absolute Gasteiger partial charge is 0.342 e. The first-order chi connectivity index (χ1) is 14.2. The summed E-state index contributed by atoms with van der Waals surface area (Å²) in [4.78, 5) is 31.9. The van der Waals surface area contributed by atoms with Crippen molar-refractivity contribution in [3.63, 3.8) is 0 Å². The average molecular weight is 404 g/mol. The van der Waals surface area contributed by atoms with E-state index < -0.39 is 0 Å². The summed E-state index contributed by atoms with van der Waals surface area (Å²) in [7, 11) is 0. The van der Waals surface area contributed by atoms with Crippen molar-refractivity contribution in [3.8, 4) is 0 Å². The van der Waals surface area contributed by atoms with E-state index in [1.54, 1.807) is 10.9 Å². The zero-order valence-electron chi connectivity index (χ0n) is 17.2. The number of carbonyl (C=O) groups excluding carboxylic acids is 2. The highest BCUT2D eigenvalue weighted by atomic mass is 16.2. The lowest BCUT2D eigenvalue weighted by atomic mass is 9.93. The number of aromatic nitrogens is 3. The molecule has 3 aliphatic rings. The monoisotopic (exact) mass is 403 g/mol. The molecule has 1 unspecified atom stereocenters. The molecule has 4 heterocycles. The van der Waals surface area contributed by atoms with Crippen molar-refractivity contribution in [3.05, 3.63) is 11.9 Å². The number of nitrogens with two attached hydrogens (primary N) is 1. The zero-order chi connectivity index (χ0) is 20.2. The molecule has 0 saturated carbocycles. The van der Waals surface area contributed by atoms with Crippen molar-refractivity contribution in [2.75, 3.05) is 45.8 Å². The standard InChI is InChI=1S/C20H33N7O2/c21-7-13-27-15-18(22-23-27)20(29)25-11-5-17(6-12-25)26-10-3-4-16(14-26)19(28)24-8-1-2-9-24/h15-17H,1-14,21H2. The minimum absolute atomic E-state index is 0.0487. The topological polar surface area (TPSA) is 101 Å². The van der Waals surface area contributed by atoms with Crippen LogP contribution in [0.1, 0.15) is 49.0 Å². The molecule has 3 aliphatic heterocycles. The van der Waals surface area contributed by atoms with Gasteiger partial charge in [-0.2, -0.15) is 0 Å². The lowest BCUT2D eigenvalue weighted by Gasteiger charge is -2.42. The molecule has 1 aromatic rings. The lowest BCUT2D eigenvalue weighted by Crippen LogP contribution is -2.51. The van der Waals surface area contributed by atoms with Gasteiger partial charge in [-0.3, -0.25) is 19.2 Å². The quantitative estimate of drug-likeness (QED) is 0.753. The predicted octanol–water partition coefficient (Wildman–Crippen LogP) is 0.176. The Morgan fingerprint density at radius 3 is 2.48 bits per heavy atom. The number of piperidine rings is 2. The maximum absolute atomic E-state index is 12.8. The highest BCUT2D eigenvalue weighted by Gasteiger charge is 2.35. The van der Waals surface area contributed by atoms with Gasteiger partial charge in [0.15, 0.2) is 5.69 Å². The summed E-state index contributed by atoms with van der Waals surface area (Å²) in [5.41, 5.74) is 5.92. The normalized spacial score (nSPS) is 24.2. The summed E-state index contributed by atoms with van der Waals surface area (Å²) in [6.45, 7) is 6.31. The Bertz CT molecular complexity index is 707. The summed E-state index contributed by atoms with van der Waals surface area (Å²) >= 11 is 0. The van der Waals surface area contributed by atoms with E-state index in [9.17, 15) is 9.59 Å². The molecule has 29 heavy (non-hydrogen) atoms. The fourth-order valence-electron chi connectivity index (χ4n) is 4.97. The molecule has 2 N–H and O–H groups in total. The fourth-order valence-corrected chi connectivity index (χ4v) is 4.97. The van der Waals surface area contributed by atoms with Gasteiger partial charge in [0, 0.05) is 45.3 Å². The first kappa shape index (κ1) is 20.3. The zero-order valence-corrected chi connectivity index (χ0v) is 17.2. The second-order valence-corrected chi connectivity index (χ2v) is 8.55. The molecule has 3 fully saturated rings. The minimum atomic E-state index is -0.0487. The van der Waals surface area contributed by atoms with Gasteiger partial charge in [0.05, 0.1) is 18.7 Å². The van der Waals surface area contributed by atoms with Crippen LogP contribution in [-0.2, 0) is 11.3 Å². The van der Waals surface area contributed by atoms with E-state index in [1.165, 1.54) is 0 Å². The van der Waals surface area contributed by atoms with Gasteiger partial charge in [0.25, 0.3) is 5.91 Å². The van der Waals surface area contributed by atoms with Crippen LogP contribution in [0.3, 0.4) is 0 Å². The minimum Gasteiger partial charge on any atom is -0.342 e. The summed E-state index contributed by atoms with van der Waals surface area (Å²) in [6, 6.07) is 0.459. The smallest absolute Gasteiger partial charge is 0.276 e. The molecule has 0 aromatic carbocycles. The van der Waals surface area contributed by atoms with E-state index in [4.69, 9.17) is 5.73 Å². The maximum atomic E-state index is 12.8. The van der Waals surface area contributed by atoms with Crippen LogP contribution in [0.5, 0.6) is 0 Å². The van der Waals surface area contributed by atoms with Crippen LogP contribution < -0.4 is 5.73 Å². The van der Waals surface area contributed by atoms with Crippen molar-refractivity contribution in [2.24, 2.45) is 11.7 Å². The van der Waals surface area contributed by atoms with Gasteiger partial charge in [-0.05, 0) is 45.1 Å². The van der Waals surface area contributed by atoms with Crippen molar-refractivity contribution < 1.29 is 9.59 Å².